The fraction of sp³-hybridized carbons (Fsp3) is 1.00. The SMILES string of the molecule is CN(C)N(C)C1CCNC(C)(C)C1. The molecule has 13 heavy (non-hydrogen) atoms. The van der Waals surface area contributed by atoms with Gasteiger partial charge in [-0.15, -0.1) is 0 Å². The first-order valence-corrected chi connectivity index (χ1v) is 5.07. The summed E-state index contributed by atoms with van der Waals surface area (Å²) < 4.78 is 0. The summed E-state index contributed by atoms with van der Waals surface area (Å²) in [7, 11) is 6.39. The zero-order valence-electron chi connectivity index (χ0n) is 9.59. The van der Waals surface area contributed by atoms with Crippen molar-refractivity contribution < 1.29 is 0 Å². The summed E-state index contributed by atoms with van der Waals surface area (Å²) in [6.45, 7) is 5.70. The number of nitrogens with one attached hydrogen (secondary N) is 1. The molecule has 0 aromatic carbocycles. The molecule has 3 heteroatoms. The molecule has 0 aliphatic carbocycles. The lowest BCUT2D eigenvalue weighted by atomic mass is 9.89. The number of nitrogens with zero attached hydrogens (tertiary/aromatic N) is 2. The van der Waals surface area contributed by atoms with E-state index in [1.807, 2.05) is 0 Å². The van der Waals surface area contributed by atoms with Gasteiger partial charge in [0.1, 0.15) is 0 Å². The van der Waals surface area contributed by atoms with Crippen LogP contribution in [0.25, 0.3) is 0 Å². The molecule has 0 aromatic rings. The van der Waals surface area contributed by atoms with Gasteiger partial charge < -0.3 is 5.32 Å². The molecule has 1 unspecified atom stereocenters. The second-order valence-electron chi connectivity index (χ2n) is 4.88. The van der Waals surface area contributed by atoms with Gasteiger partial charge in [-0.3, -0.25) is 0 Å². The molecule has 0 aromatic heterocycles. The summed E-state index contributed by atoms with van der Waals surface area (Å²) in [6.07, 6.45) is 2.47. The minimum absolute atomic E-state index is 0.299. The molecule has 1 fully saturated rings. The summed E-state index contributed by atoms with van der Waals surface area (Å²) in [6, 6.07) is 0.686. The van der Waals surface area contributed by atoms with Crippen LogP contribution in [-0.2, 0) is 0 Å². The standard InChI is InChI=1S/C10H23N3/c1-10(2)8-9(6-7-11-10)13(5)12(3)4/h9,11H,6-8H2,1-5H3. The van der Waals surface area contributed by atoms with Crippen molar-refractivity contribution in [1.29, 1.82) is 0 Å². The molecule has 0 radical (unpaired) electrons. The molecule has 1 heterocycles. The van der Waals surface area contributed by atoms with E-state index in [0.29, 0.717) is 11.6 Å². The van der Waals surface area contributed by atoms with E-state index in [1.54, 1.807) is 0 Å². The van der Waals surface area contributed by atoms with E-state index in [1.165, 1.54) is 12.8 Å². The highest BCUT2D eigenvalue weighted by Gasteiger charge is 2.30. The summed E-state index contributed by atoms with van der Waals surface area (Å²) in [5, 5.41) is 8.05. The largest absolute Gasteiger partial charge is 0.312 e. The number of hydrazine groups is 1. The Morgan fingerprint density at radius 3 is 2.31 bits per heavy atom. The zero-order chi connectivity index (χ0) is 10.1. The fourth-order valence-corrected chi connectivity index (χ4v) is 1.99. The van der Waals surface area contributed by atoms with Gasteiger partial charge in [-0.1, -0.05) is 0 Å². The lowest BCUT2D eigenvalue weighted by Gasteiger charge is -2.42. The van der Waals surface area contributed by atoms with Crippen LogP contribution < -0.4 is 5.32 Å². The van der Waals surface area contributed by atoms with E-state index in [-0.39, 0.29) is 0 Å². The Morgan fingerprint density at radius 1 is 1.23 bits per heavy atom. The molecule has 1 rings (SSSR count). The molecule has 1 N–H and O–H groups in total. The van der Waals surface area contributed by atoms with Crippen molar-refractivity contribution in [3.8, 4) is 0 Å². The summed E-state index contributed by atoms with van der Waals surface area (Å²) >= 11 is 0. The number of hydrogen-bond donors (Lipinski definition) is 1. The summed E-state index contributed by atoms with van der Waals surface area (Å²) in [5.41, 5.74) is 0.299. The summed E-state index contributed by atoms with van der Waals surface area (Å²) in [5.74, 6) is 0. The second-order valence-corrected chi connectivity index (χ2v) is 4.88. The topological polar surface area (TPSA) is 18.5 Å². The molecular formula is C10H23N3. The maximum Gasteiger partial charge on any atom is 0.0272 e. The summed E-state index contributed by atoms with van der Waals surface area (Å²) in [4.78, 5) is 0. The van der Waals surface area contributed by atoms with Crippen molar-refractivity contribution in [3.05, 3.63) is 0 Å². The average Bonchev–Trinajstić information content (AvgIpc) is 2.01. The third kappa shape index (κ3) is 2.93. The Labute approximate surface area is 82.1 Å². The number of piperidine rings is 1. The van der Waals surface area contributed by atoms with Gasteiger partial charge in [-0.05, 0) is 33.2 Å². The Kier molecular flexibility index (Phi) is 3.33. The Morgan fingerprint density at radius 2 is 1.85 bits per heavy atom. The van der Waals surface area contributed by atoms with Crippen molar-refractivity contribution in [2.45, 2.75) is 38.3 Å². The van der Waals surface area contributed by atoms with E-state index in [2.05, 4.69) is 50.3 Å². The monoisotopic (exact) mass is 185 g/mol. The lowest BCUT2D eigenvalue weighted by Crippen LogP contribution is -2.54. The van der Waals surface area contributed by atoms with Crippen LogP contribution in [0.5, 0.6) is 0 Å². The smallest absolute Gasteiger partial charge is 0.0272 e. The minimum atomic E-state index is 0.299. The molecule has 0 amide bonds. The maximum absolute atomic E-state index is 3.54. The van der Waals surface area contributed by atoms with Crippen molar-refractivity contribution in [3.63, 3.8) is 0 Å². The van der Waals surface area contributed by atoms with Crippen LogP contribution in [0.15, 0.2) is 0 Å². The van der Waals surface area contributed by atoms with Crippen molar-refractivity contribution in [2.75, 3.05) is 27.7 Å². The highest BCUT2D eigenvalue weighted by Crippen LogP contribution is 2.22. The van der Waals surface area contributed by atoms with Crippen molar-refractivity contribution in [2.24, 2.45) is 0 Å². The van der Waals surface area contributed by atoms with Crippen LogP contribution in [0.2, 0.25) is 0 Å². The quantitative estimate of drug-likeness (QED) is 0.646. The lowest BCUT2D eigenvalue weighted by molar-refractivity contribution is -0.0160. The molecule has 1 aliphatic heterocycles. The van der Waals surface area contributed by atoms with E-state index in [0.717, 1.165) is 6.54 Å². The van der Waals surface area contributed by atoms with Crippen LogP contribution in [0.1, 0.15) is 26.7 Å². The minimum Gasteiger partial charge on any atom is -0.312 e. The number of rotatable bonds is 2. The van der Waals surface area contributed by atoms with Crippen LogP contribution in [0.3, 0.4) is 0 Å². The highest BCUT2D eigenvalue weighted by molar-refractivity contribution is 4.89. The van der Waals surface area contributed by atoms with Gasteiger partial charge in [0.2, 0.25) is 0 Å². The van der Waals surface area contributed by atoms with E-state index in [9.17, 15) is 0 Å². The highest BCUT2D eigenvalue weighted by atomic mass is 15.6. The van der Waals surface area contributed by atoms with Gasteiger partial charge in [-0.2, -0.15) is 0 Å². The average molecular weight is 185 g/mol. The molecule has 0 bridgehead atoms. The zero-order valence-corrected chi connectivity index (χ0v) is 9.59. The Hall–Kier alpha value is -0.120. The normalized spacial score (nSPS) is 28.4. The number of hydrogen-bond acceptors (Lipinski definition) is 3. The first kappa shape index (κ1) is 11.0. The molecule has 1 atom stereocenters. The Bertz CT molecular complexity index is 166. The molecule has 3 nitrogen and oxygen atoms in total. The molecular weight excluding hydrogens is 162 g/mol. The first-order chi connectivity index (χ1) is 5.92. The molecule has 78 valence electrons. The van der Waals surface area contributed by atoms with Crippen molar-refractivity contribution >= 4 is 0 Å². The van der Waals surface area contributed by atoms with Crippen molar-refractivity contribution in [1.82, 2.24) is 15.3 Å². The van der Waals surface area contributed by atoms with E-state index >= 15 is 0 Å². The molecule has 0 spiro atoms. The molecule has 1 aliphatic rings. The maximum atomic E-state index is 3.54. The van der Waals surface area contributed by atoms with Gasteiger partial charge in [-0.25, -0.2) is 10.0 Å². The third-order valence-electron chi connectivity index (χ3n) is 2.99. The van der Waals surface area contributed by atoms with Gasteiger partial charge in [0, 0.05) is 32.7 Å². The fourth-order valence-electron chi connectivity index (χ4n) is 1.99. The van der Waals surface area contributed by atoms with Crippen LogP contribution in [0.4, 0.5) is 0 Å². The first-order valence-electron chi connectivity index (χ1n) is 5.07. The molecule has 1 saturated heterocycles. The van der Waals surface area contributed by atoms with Crippen LogP contribution >= 0.6 is 0 Å². The van der Waals surface area contributed by atoms with Crippen LogP contribution in [-0.4, -0.2) is 49.3 Å². The van der Waals surface area contributed by atoms with E-state index < -0.39 is 0 Å². The van der Waals surface area contributed by atoms with Gasteiger partial charge >= 0.3 is 0 Å². The predicted octanol–water partition coefficient (Wildman–Crippen LogP) is 0.925. The Balaban J connectivity index is 2.51. The van der Waals surface area contributed by atoms with Crippen LogP contribution in [0, 0.1) is 0 Å². The molecule has 0 saturated carbocycles. The van der Waals surface area contributed by atoms with Gasteiger partial charge in [0.15, 0.2) is 0 Å². The predicted molar refractivity (Wildman–Crippen MR) is 56.6 cm³/mol. The van der Waals surface area contributed by atoms with Gasteiger partial charge in [0.05, 0.1) is 0 Å². The van der Waals surface area contributed by atoms with E-state index in [4.69, 9.17) is 0 Å². The third-order valence-corrected chi connectivity index (χ3v) is 2.99. The van der Waals surface area contributed by atoms with Gasteiger partial charge in [0.25, 0.3) is 0 Å². The second kappa shape index (κ2) is 3.95.